The minimum Gasteiger partial charge on any atom is -0.480 e. The van der Waals surface area contributed by atoms with Gasteiger partial charge in [0.15, 0.2) is 0 Å². The Morgan fingerprint density at radius 2 is 2.08 bits per heavy atom. The number of tetrazole rings is 1. The Bertz CT molecular complexity index is 1630. The van der Waals surface area contributed by atoms with Crippen molar-refractivity contribution in [1.82, 2.24) is 35.9 Å². The third-order valence-corrected chi connectivity index (χ3v) is 6.73. The van der Waals surface area contributed by atoms with Gasteiger partial charge in [-0.25, -0.2) is 14.2 Å². The van der Waals surface area contributed by atoms with E-state index in [0.717, 1.165) is 29.0 Å². The number of carboxylic acids is 1. The van der Waals surface area contributed by atoms with Crippen LogP contribution in [0.4, 0.5) is 10.1 Å². The van der Waals surface area contributed by atoms with E-state index >= 15 is 4.39 Å². The standard InChI is InChI=1S/C25H23FN8O4S/c1-4-7-34(11-15-9-18-20(8-13(15)2)27-14(3)28-23(18)36)16-5-6-17(19(26)10-16)22(35)29-21(24(37)38)12-39-25-30-32-33-31-25/h1,5-6,8-10,21H,7,11-12H2,2-3H3,(H,29,35)(H,37,38)(H,27,28,36)(H,30,31,32,33)/t21-/m1/s1. The monoisotopic (exact) mass is 550 g/mol. The number of carbonyl (C=O) groups is 2. The second-order valence-electron chi connectivity index (χ2n) is 8.54. The third-order valence-electron chi connectivity index (χ3n) is 5.80. The van der Waals surface area contributed by atoms with Crippen molar-refractivity contribution in [3.63, 3.8) is 0 Å². The van der Waals surface area contributed by atoms with Gasteiger partial charge in [0.05, 0.1) is 23.0 Å². The summed E-state index contributed by atoms with van der Waals surface area (Å²) in [5, 5.41) is 25.4. The van der Waals surface area contributed by atoms with Crippen LogP contribution >= 0.6 is 11.8 Å². The van der Waals surface area contributed by atoms with Gasteiger partial charge in [-0.05, 0) is 60.5 Å². The lowest BCUT2D eigenvalue weighted by Gasteiger charge is -2.24. The van der Waals surface area contributed by atoms with Gasteiger partial charge in [-0.15, -0.1) is 16.6 Å². The van der Waals surface area contributed by atoms with Crippen LogP contribution in [0.3, 0.4) is 0 Å². The van der Waals surface area contributed by atoms with Gasteiger partial charge in [0.25, 0.3) is 11.5 Å². The summed E-state index contributed by atoms with van der Waals surface area (Å²) >= 11 is 0.965. The van der Waals surface area contributed by atoms with E-state index in [1.165, 1.54) is 12.1 Å². The van der Waals surface area contributed by atoms with E-state index in [0.29, 0.717) is 22.4 Å². The lowest BCUT2D eigenvalue weighted by Crippen LogP contribution is -2.42. The number of carbonyl (C=O) groups excluding carboxylic acids is 1. The Labute approximate surface area is 225 Å². The number of carboxylic acid groups (broad SMARTS) is 1. The number of thioether (sulfide) groups is 1. The molecule has 200 valence electrons. The van der Waals surface area contributed by atoms with Crippen LogP contribution in [0.2, 0.25) is 0 Å². The number of benzene rings is 2. The van der Waals surface area contributed by atoms with E-state index in [1.54, 1.807) is 17.9 Å². The molecule has 1 amide bonds. The van der Waals surface area contributed by atoms with E-state index in [2.05, 4.69) is 41.8 Å². The summed E-state index contributed by atoms with van der Waals surface area (Å²) in [6.07, 6.45) is 5.57. The van der Waals surface area contributed by atoms with Gasteiger partial charge in [0, 0.05) is 18.0 Å². The minimum atomic E-state index is -1.32. The second kappa shape index (κ2) is 11.7. The van der Waals surface area contributed by atoms with Gasteiger partial charge in [0.1, 0.15) is 17.7 Å². The van der Waals surface area contributed by atoms with Crippen molar-refractivity contribution in [3.05, 3.63) is 69.0 Å². The van der Waals surface area contributed by atoms with Crippen LogP contribution in [0.15, 0.2) is 40.3 Å². The summed E-state index contributed by atoms with van der Waals surface area (Å²) in [6, 6.07) is 6.16. The highest BCUT2D eigenvalue weighted by Gasteiger charge is 2.24. The topological polar surface area (TPSA) is 170 Å². The van der Waals surface area contributed by atoms with Crippen molar-refractivity contribution in [3.8, 4) is 12.3 Å². The van der Waals surface area contributed by atoms with Gasteiger partial charge in [-0.3, -0.25) is 9.59 Å². The molecule has 2 aromatic heterocycles. The molecule has 14 heteroatoms. The minimum absolute atomic E-state index is 0.0979. The average Bonchev–Trinajstić information content (AvgIpc) is 3.40. The molecule has 12 nitrogen and oxygen atoms in total. The Morgan fingerprint density at radius 1 is 1.28 bits per heavy atom. The number of H-pyrrole nitrogens is 2. The lowest BCUT2D eigenvalue weighted by atomic mass is 10.0. The van der Waals surface area contributed by atoms with Crippen molar-refractivity contribution >= 4 is 40.2 Å². The summed E-state index contributed by atoms with van der Waals surface area (Å²) in [6.45, 7) is 3.97. The SMILES string of the molecule is C#CCN(Cc1cc2c(=O)[nH]c(C)nc2cc1C)c1ccc(C(=O)N[C@H](CSc2nn[nH]n2)C(=O)O)c(F)c1. The summed E-state index contributed by atoms with van der Waals surface area (Å²) < 4.78 is 15.1. The van der Waals surface area contributed by atoms with Crippen molar-refractivity contribution in [2.45, 2.75) is 31.6 Å². The van der Waals surface area contributed by atoms with Gasteiger partial charge < -0.3 is 20.3 Å². The summed E-state index contributed by atoms with van der Waals surface area (Å²) in [7, 11) is 0. The first-order valence-corrected chi connectivity index (χ1v) is 12.5. The van der Waals surface area contributed by atoms with Crippen LogP contribution in [0, 0.1) is 32.0 Å². The van der Waals surface area contributed by atoms with E-state index < -0.39 is 23.7 Å². The number of hydrogen-bond donors (Lipinski definition) is 4. The number of fused-ring (bicyclic) bond motifs is 1. The fraction of sp³-hybridized carbons (Fsp3) is 0.240. The zero-order chi connectivity index (χ0) is 28.1. The van der Waals surface area contributed by atoms with Crippen molar-refractivity contribution in [2.24, 2.45) is 0 Å². The molecule has 0 saturated heterocycles. The van der Waals surface area contributed by atoms with Gasteiger partial charge >= 0.3 is 5.97 Å². The zero-order valence-corrected chi connectivity index (χ0v) is 21.7. The van der Waals surface area contributed by atoms with Crippen LogP contribution in [0.5, 0.6) is 0 Å². The Morgan fingerprint density at radius 3 is 2.74 bits per heavy atom. The highest BCUT2D eigenvalue weighted by Crippen LogP contribution is 2.24. The number of aliphatic carboxylic acids is 1. The number of halogens is 1. The Balaban J connectivity index is 1.54. The zero-order valence-electron chi connectivity index (χ0n) is 20.9. The molecule has 4 aromatic rings. The number of nitrogens with one attached hydrogen (secondary N) is 3. The molecular weight excluding hydrogens is 527 g/mol. The lowest BCUT2D eigenvalue weighted by molar-refractivity contribution is -0.138. The molecule has 4 rings (SSSR count). The van der Waals surface area contributed by atoms with Crippen LogP contribution in [-0.4, -0.2) is 65.9 Å². The summed E-state index contributed by atoms with van der Waals surface area (Å²) in [5.41, 5.74) is 2.04. The number of nitrogens with zero attached hydrogens (tertiary/aromatic N) is 5. The molecule has 39 heavy (non-hydrogen) atoms. The first-order chi connectivity index (χ1) is 18.7. The van der Waals surface area contributed by atoms with Crippen LogP contribution < -0.4 is 15.8 Å². The maximum Gasteiger partial charge on any atom is 0.327 e. The molecule has 0 saturated carbocycles. The molecule has 4 N–H and O–H groups in total. The Hall–Kier alpha value is -4.77. The first-order valence-electron chi connectivity index (χ1n) is 11.5. The predicted molar refractivity (Wildman–Crippen MR) is 142 cm³/mol. The largest absolute Gasteiger partial charge is 0.480 e. The molecule has 0 bridgehead atoms. The molecule has 0 unspecified atom stereocenters. The molecule has 0 aliphatic heterocycles. The van der Waals surface area contributed by atoms with Crippen molar-refractivity contribution in [2.75, 3.05) is 17.2 Å². The molecule has 0 aliphatic carbocycles. The van der Waals surface area contributed by atoms with Crippen LogP contribution in [0.1, 0.15) is 27.3 Å². The van der Waals surface area contributed by atoms with Crippen molar-refractivity contribution in [1.29, 1.82) is 0 Å². The van der Waals surface area contributed by atoms with Crippen LogP contribution in [-0.2, 0) is 11.3 Å². The van der Waals surface area contributed by atoms with E-state index in [4.69, 9.17) is 6.42 Å². The molecule has 2 heterocycles. The maximum absolute atomic E-state index is 15.1. The number of amides is 1. The summed E-state index contributed by atoms with van der Waals surface area (Å²) in [4.78, 5) is 45.5. The third kappa shape index (κ3) is 6.39. The number of anilines is 1. The van der Waals surface area contributed by atoms with Gasteiger partial charge in [-0.1, -0.05) is 17.7 Å². The maximum atomic E-state index is 15.1. The first kappa shape index (κ1) is 27.3. The molecule has 0 fully saturated rings. The van der Waals surface area contributed by atoms with E-state index in [1.807, 2.05) is 13.0 Å². The number of rotatable bonds is 10. The number of aromatic nitrogens is 6. The number of hydrogen-bond acceptors (Lipinski definition) is 9. The quantitative estimate of drug-likeness (QED) is 0.169. The van der Waals surface area contributed by atoms with Crippen molar-refractivity contribution < 1.29 is 19.1 Å². The van der Waals surface area contributed by atoms with Gasteiger partial charge in [-0.2, -0.15) is 5.21 Å². The number of terminal acetylenes is 1. The number of aryl methyl sites for hydroxylation is 2. The molecule has 1 atom stereocenters. The smallest absolute Gasteiger partial charge is 0.327 e. The average molecular weight is 551 g/mol. The Kier molecular flexibility index (Phi) is 8.21. The number of aromatic amines is 2. The molecule has 2 aromatic carbocycles. The highest BCUT2D eigenvalue weighted by molar-refractivity contribution is 7.99. The van der Waals surface area contributed by atoms with Crippen LogP contribution in [0.25, 0.3) is 10.9 Å². The van der Waals surface area contributed by atoms with E-state index in [-0.39, 0.29) is 35.1 Å². The highest BCUT2D eigenvalue weighted by atomic mass is 32.2. The van der Waals surface area contributed by atoms with Gasteiger partial charge in [0.2, 0.25) is 5.16 Å². The molecule has 0 spiro atoms. The fourth-order valence-corrected chi connectivity index (χ4v) is 4.59. The molecule has 0 aliphatic rings. The second-order valence-corrected chi connectivity index (χ2v) is 9.53. The molecule has 0 radical (unpaired) electrons. The predicted octanol–water partition coefficient (Wildman–Crippen LogP) is 1.81. The molecular formula is C25H23FN8O4S. The van der Waals surface area contributed by atoms with E-state index in [9.17, 15) is 19.5 Å². The summed E-state index contributed by atoms with van der Waals surface area (Å²) in [5.74, 6) is -0.0929. The fourth-order valence-electron chi connectivity index (χ4n) is 3.84. The normalized spacial score (nSPS) is 11.6.